The van der Waals surface area contributed by atoms with Crippen molar-refractivity contribution in [3.8, 4) is 0 Å². The molecule has 0 unspecified atom stereocenters. The normalized spacial score (nSPS) is 10.5. The Bertz CT molecular complexity index is 1080. The van der Waals surface area contributed by atoms with Crippen LogP contribution in [0.15, 0.2) is 79.4 Å². The molecule has 1 amide bonds. The van der Waals surface area contributed by atoms with E-state index in [1.807, 2.05) is 42.5 Å². The van der Waals surface area contributed by atoms with Crippen LogP contribution in [0, 0.1) is 0 Å². The van der Waals surface area contributed by atoms with Crippen molar-refractivity contribution in [2.75, 3.05) is 5.32 Å². The highest BCUT2D eigenvalue weighted by molar-refractivity contribution is 5.95. The number of fused-ring (bicyclic) bond motifs is 1. The zero-order valence-electron chi connectivity index (χ0n) is 14.5. The number of carbonyl (C=O) groups is 1. The second-order valence-corrected chi connectivity index (χ2v) is 6.01. The molecule has 0 bridgehead atoms. The maximum Gasteiger partial charge on any atom is 0.251 e. The molecule has 0 aliphatic heterocycles. The van der Waals surface area contributed by atoms with Crippen molar-refractivity contribution in [3.63, 3.8) is 0 Å². The van der Waals surface area contributed by atoms with Crippen molar-refractivity contribution in [1.29, 1.82) is 0 Å². The maximum atomic E-state index is 12.4. The number of pyridine rings is 3. The van der Waals surface area contributed by atoms with Gasteiger partial charge in [-0.1, -0.05) is 12.1 Å². The Kier molecular flexibility index (Phi) is 4.70. The van der Waals surface area contributed by atoms with Gasteiger partial charge in [0, 0.05) is 48.0 Å². The molecule has 0 fully saturated rings. The summed E-state index contributed by atoms with van der Waals surface area (Å²) in [7, 11) is 0. The fourth-order valence-corrected chi connectivity index (χ4v) is 2.73. The Morgan fingerprint density at radius 3 is 2.74 bits per heavy atom. The highest BCUT2D eigenvalue weighted by atomic mass is 16.1. The van der Waals surface area contributed by atoms with E-state index < -0.39 is 0 Å². The molecule has 0 spiro atoms. The van der Waals surface area contributed by atoms with Crippen molar-refractivity contribution >= 4 is 28.3 Å². The molecule has 3 heterocycles. The van der Waals surface area contributed by atoms with E-state index in [0.717, 1.165) is 22.2 Å². The number of hydrogen-bond acceptors (Lipinski definition) is 5. The topological polar surface area (TPSA) is 79.8 Å². The SMILES string of the molecule is O=C(NCc1cccnc1)c1ccnc(Nc2ccc3ncccc3c2)c1. The zero-order valence-corrected chi connectivity index (χ0v) is 14.5. The van der Waals surface area contributed by atoms with Crippen molar-refractivity contribution in [2.45, 2.75) is 6.54 Å². The molecule has 0 radical (unpaired) electrons. The lowest BCUT2D eigenvalue weighted by Gasteiger charge is -2.09. The molecule has 4 rings (SSSR count). The van der Waals surface area contributed by atoms with Gasteiger partial charge in [-0.2, -0.15) is 0 Å². The molecule has 6 heteroatoms. The predicted molar refractivity (Wildman–Crippen MR) is 105 cm³/mol. The lowest BCUT2D eigenvalue weighted by atomic mass is 10.2. The summed E-state index contributed by atoms with van der Waals surface area (Å²) in [5, 5.41) is 7.16. The van der Waals surface area contributed by atoms with Crippen LogP contribution in [0.25, 0.3) is 10.9 Å². The summed E-state index contributed by atoms with van der Waals surface area (Å²) in [6.45, 7) is 0.426. The third-order valence-corrected chi connectivity index (χ3v) is 4.07. The summed E-state index contributed by atoms with van der Waals surface area (Å²) < 4.78 is 0. The summed E-state index contributed by atoms with van der Waals surface area (Å²) in [6, 6.07) is 17.0. The molecule has 0 aliphatic rings. The van der Waals surface area contributed by atoms with Gasteiger partial charge < -0.3 is 10.6 Å². The smallest absolute Gasteiger partial charge is 0.251 e. The second-order valence-electron chi connectivity index (χ2n) is 6.01. The third kappa shape index (κ3) is 4.07. The molecular formula is C21H17N5O. The van der Waals surface area contributed by atoms with E-state index in [-0.39, 0.29) is 5.91 Å². The fourth-order valence-electron chi connectivity index (χ4n) is 2.73. The number of rotatable bonds is 5. The van der Waals surface area contributed by atoms with Gasteiger partial charge in [0.2, 0.25) is 0 Å². The van der Waals surface area contributed by atoms with Gasteiger partial charge in [0.15, 0.2) is 0 Å². The monoisotopic (exact) mass is 355 g/mol. The third-order valence-electron chi connectivity index (χ3n) is 4.07. The molecule has 0 saturated heterocycles. The summed E-state index contributed by atoms with van der Waals surface area (Å²) in [6.07, 6.45) is 6.82. The summed E-state index contributed by atoms with van der Waals surface area (Å²) >= 11 is 0. The molecule has 6 nitrogen and oxygen atoms in total. The lowest BCUT2D eigenvalue weighted by molar-refractivity contribution is 0.0951. The Hall–Kier alpha value is -3.80. The largest absolute Gasteiger partial charge is 0.348 e. The van der Waals surface area contributed by atoms with E-state index >= 15 is 0 Å². The minimum Gasteiger partial charge on any atom is -0.348 e. The molecule has 132 valence electrons. The first kappa shape index (κ1) is 16.7. The van der Waals surface area contributed by atoms with Gasteiger partial charge >= 0.3 is 0 Å². The number of carbonyl (C=O) groups excluding carboxylic acids is 1. The first-order valence-corrected chi connectivity index (χ1v) is 8.53. The summed E-state index contributed by atoms with van der Waals surface area (Å²) in [4.78, 5) is 25.1. The maximum absolute atomic E-state index is 12.4. The number of benzene rings is 1. The van der Waals surface area contributed by atoms with Gasteiger partial charge in [0.05, 0.1) is 5.52 Å². The van der Waals surface area contributed by atoms with Crippen LogP contribution in [0.3, 0.4) is 0 Å². The van der Waals surface area contributed by atoms with Gasteiger partial charge in [0.25, 0.3) is 5.91 Å². The first-order chi connectivity index (χ1) is 13.3. The van der Waals surface area contributed by atoms with Crippen molar-refractivity contribution in [2.24, 2.45) is 0 Å². The Balaban J connectivity index is 1.47. The highest BCUT2D eigenvalue weighted by Gasteiger charge is 2.07. The second kappa shape index (κ2) is 7.61. The van der Waals surface area contributed by atoms with Gasteiger partial charge in [-0.15, -0.1) is 0 Å². The zero-order chi connectivity index (χ0) is 18.5. The first-order valence-electron chi connectivity index (χ1n) is 8.53. The number of nitrogens with one attached hydrogen (secondary N) is 2. The minimum absolute atomic E-state index is 0.160. The molecule has 2 N–H and O–H groups in total. The quantitative estimate of drug-likeness (QED) is 0.571. The van der Waals surface area contributed by atoms with Gasteiger partial charge in [0.1, 0.15) is 5.82 Å². The molecule has 4 aromatic rings. The van der Waals surface area contributed by atoms with E-state index in [2.05, 4.69) is 25.6 Å². The lowest BCUT2D eigenvalue weighted by Crippen LogP contribution is -2.23. The fraction of sp³-hybridized carbons (Fsp3) is 0.0476. The molecule has 3 aromatic heterocycles. The number of anilines is 2. The predicted octanol–water partition coefficient (Wildman–Crippen LogP) is 3.70. The van der Waals surface area contributed by atoms with Crippen LogP contribution < -0.4 is 10.6 Å². The van der Waals surface area contributed by atoms with Crippen LogP contribution in [0.1, 0.15) is 15.9 Å². The van der Waals surface area contributed by atoms with Crippen LogP contribution in [0.2, 0.25) is 0 Å². The number of amides is 1. The van der Waals surface area contributed by atoms with Gasteiger partial charge in [-0.3, -0.25) is 14.8 Å². The van der Waals surface area contributed by atoms with Crippen molar-refractivity contribution in [3.05, 3.63) is 90.5 Å². The molecular weight excluding hydrogens is 338 g/mol. The average molecular weight is 355 g/mol. The number of aromatic nitrogens is 3. The van der Waals surface area contributed by atoms with E-state index in [1.54, 1.807) is 36.9 Å². The Labute approximate surface area is 156 Å². The van der Waals surface area contributed by atoms with Crippen LogP contribution in [-0.2, 0) is 6.54 Å². The van der Waals surface area contributed by atoms with Gasteiger partial charge in [-0.25, -0.2) is 4.98 Å². The average Bonchev–Trinajstić information content (AvgIpc) is 2.73. The number of hydrogen-bond donors (Lipinski definition) is 2. The van der Waals surface area contributed by atoms with E-state index in [1.165, 1.54) is 0 Å². The van der Waals surface area contributed by atoms with Crippen LogP contribution in [0.4, 0.5) is 11.5 Å². The van der Waals surface area contributed by atoms with Crippen molar-refractivity contribution < 1.29 is 4.79 Å². The van der Waals surface area contributed by atoms with Crippen LogP contribution in [-0.4, -0.2) is 20.9 Å². The van der Waals surface area contributed by atoms with Gasteiger partial charge in [-0.05, 0) is 48.0 Å². The van der Waals surface area contributed by atoms with Crippen LogP contribution >= 0.6 is 0 Å². The minimum atomic E-state index is -0.160. The summed E-state index contributed by atoms with van der Waals surface area (Å²) in [5.74, 6) is 0.444. The standard InChI is InChI=1S/C21H17N5O/c27-21(25-14-15-3-1-8-22-13-15)17-7-10-24-20(12-17)26-18-5-6-19-16(11-18)4-2-9-23-19/h1-13H,14H2,(H,24,26)(H,25,27). The highest BCUT2D eigenvalue weighted by Crippen LogP contribution is 2.20. The Morgan fingerprint density at radius 2 is 1.85 bits per heavy atom. The molecule has 27 heavy (non-hydrogen) atoms. The van der Waals surface area contributed by atoms with E-state index in [4.69, 9.17) is 0 Å². The molecule has 1 aromatic carbocycles. The molecule has 0 atom stereocenters. The molecule has 0 aliphatic carbocycles. The van der Waals surface area contributed by atoms with Crippen LogP contribution in [0.5, 0.6) is 0 Å². The molecule has 0 saturated carbocycles. The van der Waals surface area contributed by atoms with Crippen molar-refractivity contribution in [1.82, 2.24) is 20.3 Å². The Morgan fingerprint density at radius 1 is 0.926 bits per heavy atom. The van der Waals surface area contributed by atoms with E-state index in [0.29, 0.717) is 17.9 Å². The van der Waals surface area contributed by atoms with E-state index in [9.17, 15) is 4.79 Å². The summed E-state index contributed by atoms with van der Waals surface area (Å²) in [5.41, 5.74) is 3.30. The number of nitrogens with zero attached hydrogens (tertiary/aromatic N) is 3.